The van der Waals surface area contributed by atoms with E-state index in [0.717, 1.165) is 3.57 Å². The zero-order chi connectivity index (χ0) is 10.0. The van der Waals surface area contributed by atoms with Gasteiger partial charge in [-0.05, 0) is 50.7 Å². The Morgan fingerprint density at radius 1 is 1.50 bits per heavy atom. The Kier molecular flexibility index (Phi) is 7.26. The minimum Gasteiger partial charge on any atom is -0.545 e. The number of carboxylic acids is 1. The van der Waals surface area contributed by atoms with Crippen LogP contribution in [0.2, 0.25) is 0 Å². The summed E-state index contributed by atoms with van der Waals surface area (Å²) < 4.78 is 6.21. The summed E-state index contributed by atoms with van der Waals surface area (Å²) in [6, 6.07) is 3.09. The van der Waals surface area contributed by atoms with Crippen LogP contribution in [-0.2, 0) is 0 Å². The predicted molar refractivity (Wildman–Crippen MR) is 60.7 cm³/mol. The minimum atomic E-state index is -1.27. The molecule has 0 saturated carbocycles. The van der Waals surface area contributed by atoms with E-state index in [1.807, 2.05) is 0 Å². The molecule has 1 aromatic carbocycles. The molecule has 0 bridgehead atoms. The first-order chi connectivity index (χ1) is 6.07. The molecule has 0 aliphatic rings. The van der Waals surface area contributed by atoms with Gasteiger partial charge in [-0.2, -0.15) is 0 Å². The van der Waals surface area contributed by atoms with Crippen molar-refractivity contribution in [2.24, 2.45) is 0 Å². The Bertz CT molecular complexity index is 359. The van der Waals surface area contributed by atoms with Gasteiger partial charge in [0.05, 0.1) is 10.4 Å². The third kappa shape index (κ3) is 3.34. The van der Waals surface area contributed by atoms with Crippen LogP contribution in [-0.4, -0.2) is 5.97 Å². The molecule has 1 rings (SSSR count). The summed E-state index contributed by atoms with van der Waals surface area (Å²) in [5.41, 5.74) is 0.00386. The molecular weight excluding hydrogens is 442 g/mol. The number of rotatable bonds is 2. The fourth-order valence-corrected chi connectivity index (χ4v) is 2.17. The zero-order valence-electron chi connectivity index (χ0n) is 7.01. The summed E-state index contributed by atoms with van der Waals surface area (Å²) in [5, 5.41) is 10.6. The van der Waals surface area contributed by atoms with Crippen molar-refractivity contribution in [3.05, 3.63) is 25.7 Å². The Hall–Kier alpha value is 1.18. The van der Waals surface area contributed by atoms with Crippen molar-refractivity contribution in [2.45, 2.75) is 0 Å². The van der Waals surface area contributed by atoms with Crippen molar-refractivity contribution in [1.82, 2.24) is 0 Å². The van der Waals surface area contributed by atoms with Gasteiger partial charge in [0.2, 0.25) is 0 Å². The van der Waals surface area contributed by atoms with Gasteiger partial charge < -0.3 is 13.7 Å². The standard InChI is InChI=1S/C7H3Br2IO3.Na/c8-5-4(10)2-1-3(7(11)12)6(5)13-9;/h1-2H,(H,11,12);/q;+1/p-1. The fourth-order valence-electron chi connectivity index (χ4n) is 0.768. The number of halogens is 3. The number of benzene rings is 1. The molecule has 7 heteroatoms. The number of hydrogen-bond donors (Lipinski definition) is 0. The van der Waals surface area contributed by atoms with Crippen LogP contribution in [0.1, 0.15) is 10.4 Å². The molecule has 0 N–H and O–H groups in total. The molecule has 0 heterocycles. The normalized spacial score (nSPS) is 9.07. The van der Waals surface area contributed by atoms with Gasteiger partial charge in [0.1, 0.15) is 0 Å². The molecule has 0 fully saturated rings. The second-order valence-electron chi connectivity index (χ2n) is 2.10. The number of carbonyl (C=O) groups excluding carboxylic acids is 1. The molecule has 0 aliphatic heterocycles. The van der Waals surface area contributed by atoms with Crippen LogP contribution in [0.15, 0.2) is 16.6 Å². The number of aromatic carboxylic acids is 1. The Morgan fingerprint density at radius 3 is 2.50 bits per heavy atom. The molecule has 3 nitrogen and oxygen atoms in total. The SMILES string of the molecule is O=C([O-])c1ccc(I)c(Br)c1OBr.[Na+]. The smallest absolute Gasteiger partial charge is 0.545 e. The molecule has 0 atom stereocenters. The number of hydrogen-bond acceptors (Lipinski definition) is 3. The summed E-state index contributed by atoms with van der Waals surface area (Å²) in [6.45, 7) is 0. The monoisotopic (exact) mass is 442 g/mol. The maximum Gasteiger partial charge on any atom is 1.00 e. The van der Waals surface area contributed by atoms with Crippen LogP contribution in [0.25, 0.3) is 0 Å². The van der Waals surface area contributed by atoms with Gasteiger partial charge in [-0.15, -0.1) is 0 Å². The van der Waals surface area contributed by atoms with Crippen LogP contribution >= 0.6 is 54.8 Å². The van der Waals surface area contributed by atoms with Crippen molar-refractivity contribution in [2.75, 3.05) is 0 Å². The van der Waals surface area contributed by atoms with Crippen LogP contribution in [0.5, 0.6) is 5.75 Å². The minimum absolute atomic E-state index is 0. The summed E-state index contributed by atoms with van der Waals surface area (Å²) in [7, 11) is 0. The zero-order valence-corrected chi connectivity index (χ0v) is 14.3. The Morgan fingerprint density at radius 2 is 2.07 bits per heavy atom. The molecule has 0 saturated heterocycles. The summed E-state index contributed by atoms with van der Waals surface area (Å²) >= 11 is 8.00. The van der Waals surface area contributed by atoms with Gasteiger partial charge >= 0.3 is 29.6 Å². The van der Waals surface area contributed by atoms with Crippen LogP contribution in [0.4, 0.5) is 0 Å². The molecule has 0 spiro atoms. The first-order valence-electron chi connectivity index (χ1n) is 3.06. The van der Waals surface area contributed by atoms with E-state index in [2.05, 4.69) is 54.8 Å². The van der Waals surface area contributed by atoms with Crippen molar-refractivity contribution < 1.29 is 43.3 Å². The van der Waals surface area contributed by atoms with Crippen LogP contribution < -0.4 is 38.5 Å². The molecule has 0 aliphatic carbocycles. The molecule has 1 aromatic rings. The summed E-state index contributed by atoms with van der Waals surface area (Å²) in [6.07, 6.45) is 0. The third-order valence-electron chi connectivity index (χ3n) is 1.35. The quantitative estimate of drug-likeness (QED) is 0.440. The van der Waals surface area contributed by atoms with E-state index in [-0.39, 0.29) is 40.9 Å². The molecule has 0 unspecified atom stereocenters. The average Bonchev–Trinajstić information content (AvgIpc) is 2.09. The summed E-state index contributed by atoms with van der Waals surface area (Å²) in [5.74, 6) is -1.06. The first kappa shape index (κ1) is 15.2. The van der Waals surface area contributed by atoms with Crippen molar-refractivity contribution in [3.8, 4) is 5.75 Å². The van der Waals surface area contributed by atoms with Crippen molar-refractivity contribution in [1.29, 1.82) is 0 Å². The molecule has 70 valence electrons. The largest absolute Gasteiger partial charge is 1.00 e. The number of carboxylic acid groups (broad SMARTS) is 1. The van der Waals surface area contributed by atoms with E-state index >= 15 is 0 Å². The second kappa shape index (κ2) is 6.70. The molecule has 14 heavy (non-hydrogen) atoms. The van der Waals surface area contributed by atoms with E-state index in [1.54, 1.807) is 6.07 Å². The fraction of sp³-hybridized carbons (Fsp3) is 0. The molecule has 0 amide bonds. The van der Waals surface area contributed by atoms with Crippen molar-refractivity contribution >= 4 is 60.7 Å². The second-order valence-corrected chi connectivity index (χ2v) is 4.38. The Labute approximate surface area is 134 Å². The first-order valence-corrected chi connectivity index (χ1v) is 5.57. The average molecular weight is 444 g/mol. The predicted octanol–water partition coefficient (Wildman–Crippen LogP) is -0.890. The summed E-state index contributed by atoms with van der Waals surface area (Å²) in [4.78, 5) is 10.6. The van der Waals surface area contributed by atoms with E-state index in [0.29, 0.717) is 4.47 Å². The maximum absolute atomic E-state index is 10.6. The topological polar surface area (TPSA) is 49.4 Å². The molecule has 0 aromatic heterocycles. The van der Waals surface area contributed by atoms with E-state index < -0.39 is 5.97 Å². The van der Waals surface area contributed by atoms with Gasteiger partial charge in [-0.3, -0.25) is 0 Å². The molecule has 0 radical (unpaired) electrons. The van der Waals surface area contributed by atoms with E-state index in [9.17, 15) is 9.90 Å². The maximum atomic E-state index is 10.6. The van der Waals surface area contributed by atoms with Crippen LogP contribution in [0, 0.1) is 3.57 Å². The van der Waals surface area contributed by atoms with Gasteiger partial charge in [0, 0.05) is 9.13 Å². The third-order valence-corrected chi connectivity index (χ3v) is 4.10. The van der Waals surface area contributed by atoms with Gasteiger partial charge in [0.25, 0.3) is 0 Å². The Balaban J connectivity index is 0.00000169. The van der Waals surface area contributed by atoms with Gasteiger partial charge in [-0.1, -0.05) is 0 Å². The van der Waals surface area contributed by atoms with Gasteiger partial charge in [-0.25, -0.2) is 0 Å². The van der Waals surface area contributed by atoms with Crippen LogP contribution in [0.3, 0.4) is 0 Å². The molecular formula is C7H2Br2INaO3. The van der Waals surface area contributed by atoms with E-state index in [4.69, 9.17) is 3.83 Å². The van der Waals surface area contributed by atoms with Crippen molar-refractivity contribution in [3.63, 3.8) is 0 Å². The van der Waals surface area contributed by atoms with Gasteiger partial charge in [0.15, 0.2) is 22.0 Å². The number of carbonyl (C=O) groups is 1. The van der Waals surface area contributed by atoms with E-state index in [1.165, 1.54) is 6.07 Å².